The first-order chi connectivity index (χ1) is 13.1. The van der Waals surface area contributed by atoms with Gasteiger partial charge < -0.3 is 15.4 Å². The summed E-state index contributed by atoms with van der Waals surface area (Å²) in [5.74, 6) is 1.23. The number of aromatic nitrogens is 2. The molecule has 0 aliphatic heterocycles. The van der Waals surface area contributed by atoms with Crippen molar-refractivity contribution in [3.63, 3.8) is 0 Å². The standard InChI is InChI=1S/C20H30FN5O/c1-4-22-20(23-11-5-13-26-17(3)15-16(2)25-26)24-12-6-14-27-19-9-7-18(21)8-10-19/h7-10,15H,4-6,11-14H2,1-3H3,(H2,22,23,24). The largest absolute Gasteiger partial charge is 0.494 e. The molecule has 0 unspecified atom stereocenters. The van der Waals surface area contributed by atoms with E-state index in [1.807, 2.05) is 18.5 Å². The normalized spacial score (nSPS) is 11.5. The van der Waals surface area contributed by atoms with Crippen molar-refractivity contribution < 1.29 is 9.13 Å². The molecular weight excluding hydrogens is 345 g/mol. The second-order valence-corrected chi connectivity index (χ2v) is 6.35. The number of hydrogen-bond donors (Lipinski definition) is 2. The molecule has 0 spiro atoms. The molecule has 27 heavy (non-hydrogen) atoms. The Morgan fingerprint density at radius 3 is 2.63 bits per heavy atom. The van der Waals surface area contributed by atoms with Gasteiger partial charge >= 0.3 is 0 Å². The maximum Gasteiger partial charge on any atom is 0.191 e. The topological polar surface area (TPSA) is 63.5 Å². The van der Waals surface area contributed by atoms with Crippen LogP contribution < -0.4 is 15.4 Å². The van der Waals surface area contributed by atoms with Crippen molar-refractivity contribution in [3.8, 4) is 5.75 Å². The average molecular weight is 375 g/mol. The Morgan fingerprint density at radius 1 is 1.19 bits per heavy atom. The fourth-order valence-electron chi connectivity index (χ4n) is 2.65. The van der Waals surface area contributed by atoms with Crippen LogP contribution in [0.25, 0.3) is 0 Å². The van der Waals surface area contributed by atoms with Crippen molar-refractivity contribution >= 4 is 5.96 Å². The molecule has 2 rings (SSSR count). The number of nitrogens with one attached hydrogen (secondary N) is 2. The number of aryl methyl sites for hydroxylation is 3. The number of nitrogens with zero attached hydrogens (tertiary/aromatic N) is 3. The molecule has 0 aliphatic rings. The lowest BCUT2D eigenvalue weighted by Crippen LogP contribution is -2.38. The number of aliphatic imine (C=N–C) groups is 1. The average Bonchev–Trinajstić information content (AvgIpc) is 2.97. The van der Waals surface area contributed by atoms with Gasteiger partial charge in [-0.05, 0) is 57.5 Å². The summed E-state index contributed by atoms with van der Waals surface area (Å²) in [4.78, 5) is 4.56. The van der Waals surface area contributed by atoms with Crippen molar-refractivity contribution in [1.82, 2.24) is 20.4 Å². The number of rotatable bonds is 10. The monoisotopic (exact) mass is 375 g/mol. The maximum atomic E-state index is 12.8. The van der Waals surface area contributed by atoms with Gasteiger partial charge in [0, 0.05) is 38.3 Å². The predicted molar refractivity (Wildman–Crippen MR) is 107 cm³/mol. The van der Waals surface area contributed by atoms with Crippen LogP contribution in [0.5, 0.6) is 5.75 Å². The van der Waals surface area contributed by atoms with Gasteiger partial charge in [-0.3, -0.25) is 9.67 Å². The minimum Gasteiger partial charge on any atom is -0.494 e. The molecule has 0 radical (unpaired) electrons. The van der Waals surface area contributed by atoms with Crippen molar-refractivity contribution in [3.05, 3.63) is 47.5 Å². The molecule has 6 nitrogen and oxygen atoms in total. The van der Waals surface area contributed by atoms with Gasteiger partial charge in [0.15, 0.2) is 5.96 Å². The number of halogens is 1. The van der Waals surface area contributed by atoms with E-state index in [2.05, 4.69) is 33.7 Å². The molecule has 1 heterocycles. The van der Waals surface area contributed by atoms with Gasteiger partial charge in [-0.25, -0.2) is 4.39 Å². The van der Waals surface area contributed by atoms with E-state index in [4.69, 9.17) is 4.74 Å². The van der Waals surface area contributed by atoms with Gasteiger partial charge in [-0.2, -0.15) is 5.10 Å². The van der Waals surface area contributed by atoms with Crippen LogP contribution in [-0.2, 0) is 6.54 Å². The predicted octanol–water partition coefficient (Wildman–Crippen LogP) is 3.05. The number of hydrogen-bond acceptors (Lipinski definition) is 3. The fourth-order valence-corrected chi connectivity index (χ4v) is 2.65. The second kappa shape index (κ2) is 11.2. The van der Waals surface area contributed by atoms with E-state index in [-0.39, 0.29) is 5.82 Å². The molecule has 7 heteroatoms. The zero-order valence-corrected chi connectivity index (χ0v) is 16.5. The summed E-state index contributed by atoms with van der Waals surface area (Å²) in [7, 11) is 0. The third-order valence-electron chi connectivity index (χ3n) is 3.94. The van der Waals surface area contributed by atoms with Gasteiger partial charge in [0.1, 0.15) is 11.6 Å². The van der Waals surface area contributed by atoms with Crippen LogP contribution in [0.4, 0.5) is 4.39 Å². The Balaban J connectivity index is 1.65. The maximum absolute atomic E-state index is 12.8. The summed E-state index contributed by atoms with van der Waals surface area (Å²) >= 11 is 0. The number of guanidine groups is 1. The van der Waals surface area contributed by atoms with E-state index in [0.717, 1.165) is 44.1 Å². The quantitative estimate of drug-likeness (QED) is 0.381. The van der Waals surface area contributed by atoms with Crippen LogP contribution in [0.1, 0.15) is 31.2 Å². The number of ether oxygens (including phenoxy) is 1. The van der Waals surface area contributed by atoms with Crippen LogP contribution in [0.2, 0.25) is 0 Å². The first-order valence-electron chi connectivity index (χ1n) is 9.50. The Labute approximate surface area is 160 Å². The molecule has 0 amide bonds. The van der Waals surface area contributed by atoms with Gasteiger partial charge in [0.05, 0.1) is 12.3 Å². The first-order valence-corrected chi connectivity index (χ1v) is 9.50. The highest BCUT2D eigenvalue weighted by atomic mass is 19.1. The highest BCUT2D eigenvalue weighted by Gasteiger charge is 2.01. The number of benzene rings is 1. The molecular formula is C20H30FN5O. The molecule has 0 fully saturated rings. The lowest BCUT2D eigenvalue weighted by Gasteiger charge is -2.12. The third kappa shape index (κ3) is 7.68. The first kappa shape index (κ1) is 20.7. The van der Waals surface area contributed by atoms with Crippen LogP contribution >= 0.6 is 0 Å². The smallest absolute Gasteiger partial charge is 0.191 e. The van der Waals surface area contributed by atoms with Crippen molar-refractivity contribution in [2.45, 2.75) is 40.2 Å². The van der Waals surface area contributed by atoms with Gasteiger partial charge in [0.2, 0.25) is 0 Å². The Kier molecular flexibility index (Phi) is 8.61. The van der Waals surface area contributed by atoms with E-state index >= 15 is 0 Å². The summed E-state index contributed by atoms with van der Waals surface area (Å²) in [6.07, 6.45) is 1.76. The molecule has 0 aliphatic carbocycles. The lowest BCUT2D eigenvalue weighted by molar-refractivity contribution is 0.313. The summed E-state index contributed by atoms with van der Waals surface area (Å²) < 4.78 is 20.5. The van der Waals surface area contributed by atoms with Crippen molar-refractivity contribution in [1.29, 1.82) is 0 Å². The van der Waals surface area contributed by atoms with Gasteiger partial charge in [0.25, 0.3) is 0 Å². The summed E-state index contributed by atoms with van der Waals surface area (Å²) in [6, 6.07) is 8.15. The summed E-state index contributed by atoms with van der Waals surface area (Å²) in [5, 5.41) is 11.1. The Hall–Kier alpha value is -2.57. The molecule has 2 N–H and O–H groups in total. The molecule has 0 atom stereocenters. The molecule has 0 bridgehead atoms. The Bertz CT molecular complexity index is 712. The van der Waals surface area contributed by atoms with E-state index in [0.29, 0.717) is 18.9 Å². The Morgan fingerprint density at radius 2 is 1.96 bits per heavy atom. The molecule has 1 aromatic heterocycles. The fraction of sp³-hybridized carbons (Fsp3) is 0.500. The van der Waals surface area contributed by atoms with Crippen LogP contribution in [0.3, 0.4) is 0 Å². The van der Waals surface area contributed by atoms with E-state index in [9.17, 15) is 4.39 Å². The van der Waals surface area contributed by atoms with Gasteiger partial charge in [-0.1, -0.05) is 0 Å². The second-order valence-electron chi connectivity index (χ2n) is 6.35. The van der Waals surface area contributed by atoms with Crippen LogP contribution in [0.15, 0.2) is 35.3 Å². The van der Waals surface area contributed by atoms with Crippen molar-refractivity contribution in [2.24, 2.45) is 4.99 Å². The zero-order chi connectivity index (χ0) is 19.5. The van der Waals surface area contributed by atoms with Crippen LogP contribution in [0, 0.1) is 19.7 Å². The SMILES string of the molecule is CCNC(=NCCCOc1ccc(F)cc1)NCCCn1nc(C)cc1C. The lowest BCUT2D eigenvalue weighted by atomic mass is 10.3. The molecule has 0 saturated heterocycles. The van der Waals surface area contributed by atoms with Crippen LogP contribution in [-0.4, -0.2) is 42.0 Å². The summed E-state index contributed by atoms with van der Waals surface area (Å²) in [6.45, 7) is 9.87. The molecule has 1 aromatic carbocycles. The highest BCUT2D eigenvalue weighted by molar-refractivity contribution is 5.79. The molecule has 148 valence electrons. The minimum absolute atomic E-state index is 0.258. The third-order valence-corrected chi connectivity index (χ3v) is 3.94. The molecule has 2 aromatic rings. The summed E-state index contributed by atoms with van der Waals surface area (Å²) in [5.41, 5.74) is 2.24. The minimum atomic E-state index is -0.258. The molecule has 0 saturated carbocycles. The van der Waals surface area contributed by atoms with E-state index in [1.54, 1.807) is 12.1 Å². The highest BCUT2D eigenvalue weighted by Crippen LogP contribution is 2.11. The van der Waals surface area contributed by atoms with Crippen molar-refractivity contribution in [2.75, 3.05) is 26.2 Å². The van der Waals surface area contributed by atoms with E-state index in [1.165, 1.54) is 17.8 Å². The zero-order valence-electron chi connectivity index (χ0n) is 16.5. The van der Waals surface area contributed by atoms with E-state index < -0.39 is 0 Å². The van der Waals surface area contributed by atoms with Gasteiger partial charge in [-0.15, -0.1) is 0 Å².